The second kappa shape index (κ2) is 8.58. The van der Waals surface area contributed by atoms with Crippen molar-refractivity contribution < 1.29 is 18.3 Å². The molecule has 0 saturated carbocycles. The Morgan fingerprint density at radius 1 is 1.16 bits per heavy atom. The van der Waals surface area contributed by atoms with Crippen LogP contribution in [0, 0.1) is 6.92 Å². The van der Waals surface area contributed by atoms with E-state index < -0.39 is 12.7 Å². The van der Waals surface area contributed by atoms with Crippen molar-refractivity contribution in [3.63, 3.8) is 0 Å². The third kappa shape index (κ3) is 5.53. The van der Waals surface area contributed by atoms with Crippen molar-refractivity contribution in [2.45, 2.75) is 26.1 Å². The van der Waals surface area contributed by atoms with Crippen LogP contribution in [0.25, 0.3) is 0 Å². The molecule has 1 atom stereocenters. The Hall–Kier alpha value is -2.47. The van der Waals surface area contributed by atoms with E-state index in [0.717, 1.165) is 11.1 Å². The number of ether oxygens (including phenoxy) is 1. The van der Waals surface area contributed by atoms with Crippen molar-refractivity contribution in [2.24, 2.45) is 0 Å². The quantitative estimate of drug-likeness (QED) is 0.832. The number of rotatable bonds is 7. The summed E-state index contributed by atoms with van der Waals surface area (Å²) in [6.45, 7) is -0.665. The number of hydrogen-bond acceptors (Lipinski definition) is 3. The van der Waals surface area contributed by atoms with Crippen molar-refractivity contribution in [1.82, 2.24) is 10.2 Å². The van der Waals surface area contributed by atoms with Crippen LogP contribution in [-0.2, 0) is 11.3 Å². The van der Waals surface area contributed by atoms with Gasteiger partial charge in [0.15, 0.2) is 0 Å². The molecule has 0 fully saturated rings. The summed E-state index contributed by atoms with van der Waals surface area (Å²) in [5.74, 6) is -0.0830. The van der Waals surface area contributed by atoms with E-state index in [9.17, 15) is 13.6 Å². The molecule has 0 aromatic heterocycles. The molecule has 1 amide bonds. The lowest BCUT2D eigenvalue weighted by atomic mass is 10.0. The molecule has 0 spiro atoms. The first-order valence-corrected chi connectivity index (χ1v) is 7.91. The number of nitrogens with one attached hydrogen (secondary N) is 1. The summed E-state index contributed by atoms with van der Waals surface area (Å²) in [5.41, 5.74) is 2.67. The summed E-state index contributed by atoms with van der Waals surface area (Å²) in [5, 5.41) is 2.86. The van der Waals surface area contributed by atoms with Gasteiger partial charge in [-0.2, -0.15) is 8.78 Å². The highest BCUT2D eigenvalue weighted by atomic mass is 19.3. The van der Waals surface area contributed by atoms with Crippen molar-refractivity contribution in [1.29, 1.82) is 0 Å². The first-order chi connectivity index (χ1) is 11.9. The number of amides is 1. The summed E-state index contributed by atoms with van der Waals surface area (Å²) < 4.78 is 28.9. The molecule has 0 aliphatic rings. The SMILES string of the molecule is Cc1cccc([C@H](C(=O)NCc2cccc(OC(F)F)c2)N(C)C)c1. The number of likely N-dealkylation sites (N-methyl/N-ethyl adjacent to an activating group) is 1. The highest BCUT2D eigenvalue weighted by molar-refractivity contribution is 5.83. The maximum Gasteiger partial charge on any atom is 0.387 e. The van der Waals surface area contributed by atoms with Gasteiger partial charge < -0.3 is 10.1 Å². The average molecular weight is 348 g/mol. The standard InChI is InChI=1S/C19H22F2N2O2/c1-13-6-4-8-15(10-13)17(23(2)3)18(24)22-12-14-7-5-9-16(11-14)25-19(20)21/h4-11,17,19H,12H2,1-3H3,(H,22,24)/t17-/m1/s1. The van der Waals surface area contributed by atoms with Crippen molar-refractivity contribution in [3.05, 3.63) is 65.2 Å². The Labute approximate surface area is 146 Å². The maximum absolute atomic E-state index is 12.6. The van der Waals surface area contributed by atoms with E-state index in [4.69, 9.17) is 0 Å². The molecule has 2 aromatic carbocycles. The minimum atomic E-state index is -2.87. The van der Waals surface area contributed by atoms with Gasteiger partial charge in [-0.05, 0) is 44.3 Å². The van der Waals surface area contributed by atoms with E-state index in [1.165, 1.54) is 12.1 Å². The first kappa shape index (κ1) is 18.9. The highest BCUT2D eigenvalue weighted by Gasteiger charge is 2.22. The van der Waals surface area contributed by atoms with Gasteiger partial charge in [-0.25, -0.2) is 0 Å². The fourth-order valence-electron chi connectivity index (χ4n) is 2.64. The second-order valence-corrected chi connectivity index (χ2v) is 6.02. The summed E-state index contributed by atoms with van der Waals surface area (Å²) in [6.07, 6.45) is 0. The zero-order valence-corrected chi connectivity index (χ0v) is 14.5. The smallest absolute Gasteiger partial charge is 0.387 e. The molecular formula is C19H22F2N2O2. The minimum absolute atomic E-state index is 0.0737. The molecule has 0 aliphatic heterocycles. The number of benzene rings is 2. The van der Waals surface area contributed by atoms with E-state index in [0.29, 0.717) is 5.56 Å². The Morgan fingerprint density at radius 3 is 2.52 bits per heavy atom. The number of alkyl halides is 2. The lowest BCUT2D eigenvalue weighted by Crippen LogP contribution is -2.36. The summed E-state index contributed by atoms with van der Waals surface area (Å²) in [6, 6.07) is 13.6. The van der Waals surface area contributed by atoms with Gasteiger partial charge in [-0.3, -0.25) is 9.69 Å². The molecule has 4 nitrogen and oxygen atoms in total. The lowest BCUT2D eigenvalue weighted by Gasteiger charge is -2.24. The first-order valence-electron chi connectivity index (χ1n) is 7.91. The van der Waals surface area contributed by atoms with Gasteiger partial charge in [0.1, 0.15) is 11.8 Å². The molecule has 25 heavy (non-hydrogen) atoms. The maximum atomic E-state index is 12.6. The topological polar surface area (TPSA) is 41.6 Å². The van der Waals surface area contributed by atoms with Crippen LogP contribution in [0.15, 0.2) is 48.5 Å². The zero-order chi connectivity index (χ0) is 18.4. The third-order valence-corrected chi connectivity index (χ3v) is 3.71. The Balaban J connectivity index is 2.07. The van der Waals surface area contributed by atoms with Gasteiger partial charge in [0.05, 0.1) is 0 Å². The van der Waals surface area contributed by atoms with Crippen molar-refractivity contribution in [3.8, 4) is 5.75 Å². The molecule has 1 N–H and O–H groups in total. The summed E-state index contributed by atoms with van der Waals surface area (Å²) in [4.78, 5) is 14.5. The van der Waals surface area contributed by atoms with Crippen LogP contribution in [0.1, 0.15) is 22.7 Å². The molecule has 2 aromatic rings. The molecule has 0 saturated heterocycles. The van der Waals surface area contributed by atoms with Crippen LogP contribution >= 0.6 is 0 Å². The summed E-state index contributed by atoms with van der Waals surface area (Å²) in [7, 11) is 3.67. The van der Waals surface area contributed by atoms with E-state index in [1.807, 2.05) is 50.2 Å². The van der Waals surface area contributed by atoms with E-state index in [2.05, 4.69) is 10.1 Å². The van der Waals surface area contributed by atoms with Gasteiger partial charge in [0.2, 0.25) is 5.91 Å². The molecule has 0 aliphatic carbocycles. The predicted molar refractivity (Wildman–Crippen MR) is 92.5 cm³/mol. The van der Waals surface area contributed by atoms with Crippen LogP contribution in [0.3, 0.4) is 0 Å². The Morgan fingerprint density at radius 2 is 1.88 bits per heavy atom. The van der Waals surface area contributed by atoms with Gasteiger partial charge >= 0.3 is 6.61 Å². The average Bonchev–Trinajstić information content (AvgIpc) is 2.52. The molecule has 134 valence electrons. The Kier molecular flexibility index (Phi) is 6.47. The molecule has 0 bridgehead atoms. The van der Waals surface area contributed by atoms with Gasteiger partial charge in [-0.15, -0.1) is 0 Å². The van der Waals surface area contributed by atoms with Crippen LogP contribution in [-0.4, -0.2) is 31.5 Å². The predicted octanol–water partition coefficient (Wildman–Crippen LogP) is 3.52. The molecule has 0 heterocycles. The third-order valence-electron chi connectivity index (χ3n) is 3.71. The number of nitrogens with zero attached hydrogens (tertiary/aromatic N) is 1. The van der Waals surface area contributed by atoms with E-state index >= 15 is 0 Å². The molecule has 0 radical (unpaired) electrons. The van der Waals surface area contributed by atoms with Gasteiger partial charge in [-0.1, -0.05) is 42.0 Å². The largest absolute Gasteiger partial charge is 0.435 e. The van der Waals surface area contributed by atoms with Crippen LogP contribution in [0.5, 0.6) is 5.75 Å². The van der Waals surface area contributed by atoms with Crippen LogP contribution < -0.4 is 10.1 Å². The van der Waals surface area contributed by atoms with Crippen molar-refractivity contribution >= 4 is 5.91 Å². The number of hydrogen-bond donors (Lipinski definition) is 1. The highest BCUT2D eigenvalue weighted by Crippen LogP contribution is 2.20. The normalized spacial score (nSPS) is 12.3. The van der Waals surface area contributed by atoms with Crippen LogP contribution in [0.2, 0.25) is 0 Å². The fourth-order valence-corrected chi connectivity index (χ4v) is 2.64. The van der Waals surface area contributed by atoms with E-state index in [1.54, 1.807) is 12.1 Å². The summed E-state index contributed by atoms with van der Waals surface area (Å²) >= 11 is 0. The van der Waals surface area contributed by atoms with Crippen molar-refractivity contribution in [2.75, 3.05) is 14.1 Å². The number of carbonyl (C=O) groups excluding carboxylic acids is 1. The monoisotopic (exact) mass is 348 g/mol. The van der Waals surface area contributed by atoms with E-state index in [-0.39, 0.29) is 18.2 Å². The number of aryl methyl sites for hydroxylation is 1. The lowest BCUT2D eigenvalue weighted by molar-refractivity contribution is -0.126. The second-order valence-electron chi connectivity index (χ2n) is 6.02. The van der Waals surface area contributed by atoms with Crippen LogP contribution in [0.4, 0.5) is 8.78 Å². The molecule has 0 unspecified atom stereocenters. The molecule has 6 heteroatoms. The van der Waals surface area contributed by atoms with Gasteiger partial charge in [0, 0.05) is 6.54 Å². The number of halogens is 2. The zero-order valence-electron chi connectivity index (χ0n) is 14.5. The Bertz CT molecular complexity index is 720. The number of carbonyl (C=O) groups is 1. The molecule has 2 rings (SSSR count). The fraction of sp³-hybridized carbons (Fsp3) is 0.316. The minimum Gasteiger partial charge on any atom is -0.435 e. The molecular weight excluding hydrogens is 326 g/mol. The van der Waals surface area contributed by atoms with Gasteiger partial charge in [0.25, 0.3) is 0 Å².